The number of para-hydroxylation sites is 1. The average molecular weight is 523 g/mol. The number of rotatable bonds is 3. The lowest BCUT2D eigenvalue weighted by Gasteiger charge is -2.35. The van der Waals surface area contributed by atoms with Crippen molar-refractivity contribution in [3.63, 3.8) is 0 Å². The topological polar surface area (TPSA) is 67.9 Å². The molecule has 3 heterocycles. The van der Waals surface area contributed by atoms with Gasteiger partial charge in [-0.1, -0.05) is 54.4 Å². The summed E-state index contributed by atoms with van der Waals surface area (Å²) >= 11 is 13.0. The SMILES string of the molecule is CC1c2cc3c(cc2Cl)NC(=O)C3(Cc2cccc(Cl)c2)Oc2c(C(=O)N3CCOCC3)cccc21. The van der Waals surface area contributed by atoms with Crippen molar-refractivity contribution in [3.05, 3.63) is 92.5 Å². The molecule has 2 atom stereocenters. The van der Waals surface area contributed by atoms with E-state index in [1.165, 1.54) is 0 Å². The second-order valence-electron chi connectivity index (χ2n) is 9.46. The number of hydrogen-bond acceptors (Lipinski definition) is 4. The lowest BCUT2D eigenvalue weighted by molar-refractivity contribution is -0.131. The van der Waals surface area contributed by atoms with Crippen LogP contribution < -0.4 is 10.1 Å². The van der Waals surface area contributed by atoms with Gasteiger partial charge >= 0.3 is 0 Å². The fourth-order valence-electron chi connectivity index (χ4n) is 5.41. The first kappa shape index (κ1) is 23.3. The van der Waals surface area contributed by atoms with Gasteiger partial charge in [-0.3, -0.25) is 9.59 Å². The molecule has 8 heteroatoms. The molecule has 36 heavy (non-hydrogen) atoms. The largest absolute Gasteiger partial charge is 0.471 e. The Morgan fingerprint density at radius 2 is 1.86 bits per heavy atom. The Hall–Kier alpha value is -3.06. The van der Waals surface area contributed by atoms with Crippen LogP contribution in [0.3, 0.4) is 0 Å². The number of carbonyl (C=O) groups is 2. The van der Waals surface area contributed by atoms with Gasteiger partial charge in [-0.15, -0.1) is 0 Å². The minimum atomic E-state index is -1.39. The predicted molar refractivity (Wildman–Crippen MR) is 138 cm³/mol. The first-order chi connectivity index (χ1) is 17.4. The van der Waals surface area contributed by atoms with E-state index in [0.717, 1.165) is 16.7 Å². The van der Waals surface area contributed by atoms with Gasteiger partial charge in [0.15, 0.2) is 0 Å². The molecule has 3 aliphatic heterocycles. The normalized spacial score (nSPS) is 22.2. The summed E-state index contributed by atoms with van der Waals surface area (Å²) in [4.78, 5) is 29.2. The monoisotopic (exact) mass is 522 g/mol. The Morgan fingerprint density at radius 1 is 1.08 bits per heavy atom. The molecular weight excluding hydrogens is 499 g/mol. The molecule has 6 nitrogen and oxygen atoms in total. The molecule has 3 aromatic carbocycles. The molecule has 0 radical (unpaired) electrons. The van der Waals surface area contributed by atoms with Crippen molar-refractivity contribution in [1.29, 1.82) is 0 Å². The molecule has 1 fully saturated rings. The highest BCUT2D eigenvalue weighted by Crippen LogP contribution is 2.50. The molecule has 2 amide bonds. The van der Waals surface area contributed by atoms with E-state index < -0.39 is 5.60 Å². The molecule has 0 spiro atoms. The Labute approximate surface area is 219 Å². The Bertz CT molecular complexity index is 1400. The lowest BCUT2D eigenvalue weighted by Crippen LogP contribution is -2.44. The third-order valence-corrected chi connectivity index (χ3v) is 7.87. The molecule has 0 aromatic heterocycles. The van der Waals surface area contributed by atoms with Crippen molar-refractivity contribution in [3.8, 4) is 5.75 Å². The number of nitrogens with one attached hydrogen (secondary N) is 1. The van der Waals surface area contributed by atoms with Crippen LogP contribution in [-0.4, -0.2) is 43.0 Å². The number of anilines is 1. The van der Waals surface area contributed by atoms with E-state index in [4.69, 9.17) is 32.7 Å². The molecule has 0 aliphatic carbocycles. The number of benzene rings is 3. The minimum absolute atomic E-state index is 0.144. The Balaban J connectivity index is 1.56. The lowest BCUT2D eigenvalue weighted by atomic mass is 9.82. The van der Waals surface area contributed by atoms with E-state index in [-0.39, 0.29) is 24.2 Å². The van der Waals surface area contributed by atoms with Crippen LogP contribution >= 0.6 is 23.2 Å². The summed E-state index contributed by atoms with van der Waals surface area (Å²) in [5.74, 6) is -0.196. The van der Waals surface area contributed by atoms with Gasteiger partial charge in [0.05, 0.1) is 24.5 Å². The summed E-state index contributed by atoms with van der Waals surface area (Å²) < 4.78 is 12.2. The standard InChI is InChI=1S/C28H24Cl2N2O4/c1-16-19-6-3-7-20(26(33)32-8-10-35-11-9-32)25(19)36-28(15-17-4-2-5-18(29)12-17)22-13-21(16)23(30)14-24(22)31-27(28)34/h2-7,12-14,16H,8-11,15H2,1H3,(H,31,34). The van der Waals surface area contributed by atoms with Gasteiger partial charge in [0.25, 0.3) is 11.8 Å². The van der Waals surface area contributed by atoms with Crippen LogP contribution in [0, 0.1) is 0 Å². The maximum Gasteiger partial charge on any atom is 0.273 e. The van der Waals surface area contributed by atoms with Gasteiger partial charge in [0.1, 0.15) is 5.75 Å². The van der Waals surface area contributed by atoms with Gasteiger partial charge in [-0.25, -0.2) is 0 Å². The maximum atomic E-state index is 13.7. The van der Waals surface area contributed by atoms with Crippen molar-refractivity contribution >= 4 is 40.7 Å². The zero-order valence-corrected chi connectivity index (χ0v) is 21.2. The smallest absolute Gasteiger partial charge is 0.273 e. The van der Waals surface area contributed by atoms with Gasteiger partial charge in [-0.05, 0) is 41.5 Å². The molecule has 2 unspecified atom stereocenters. The molecule has 184 valence electrons. The first-order valence-electron chi connectivity index (χ1n) is 12.0. The summed E-state index contributed by atoms with van der Waals surface area (Å²) in [6.45, 7) is 4.01. The van der Waals surface area contributed by atoms with Crippen LogP contribution in [0.5, 0.6) is 5.75 Å². The number of ether oxygens (including phenoxy) is 2. The van der Waals surface area contributed by atoms with Crippen molar-refractivity contribution in [2.75, 3.05) is 31.6 Å². The number of morpholine rings is 1. The third-order valence-electron chi connectivity index (χ3n) is 7.31. The summed E-state index contributed by atoms with van der Waals surface area (Å²) in [6.07, 6.45) is 0.237. The van der Waals surface area contributed by atoms with Gasteiger partial charge in [0, 0.05) is 46.6 Å². The summed E-state index contributed by atoms with van der Waals surface area (Å²) in [6, 6.07) is 16.7. The van der Waals surface area contributed by atoms with Gasteiger partial charge in [0.2, 0.25) is 5.60 Å². The third kappa shape index (κ3) is 3.67. The van der Waals surface area contributed by atoms with Crippen LogP contribution in [0.25, 0.3) is 0 Å². The number of nitrogens with zero attached hydrogens (tertiary/aromatic N) is 1. The quantitative estimate of drug-likeness (QED) is 0.500. The van der Waals surface area contributed by atoms with Crippen molar-refractivity contribution in [1.82, 2.24) is 4.90 Å². The highest BCUT2D eigenvalue weighted by atomic mass is 35.5. The first-order valence-corrected chi connectivity index (χ1v) is 12.7. The molecule has 0 saturated carbocycles. The number of halogens is 2. The van der Waals surface area contributed by atoms with Gasteiger partial charge < -0.3 is 19.7 Å². The fourth-order valence-corrected chi connectivity index (χ4v) is 5.95. The highest BCUT2D eigenvalue weighted by Gasteiger charge is 2.52. The van der Waals surface area contributed by atoms with Crippen molar-refractivity contribution in [2.45, 2.75) is 24.9 Å². The van der Waals surface area contributed by atoms with Crippen LogP contribution in [0.1, 0.15) is 45.5 Å². The zero-order chi connectivity index (χ0) is 25.0. The molecule has 1 saturated heterocycles. The van der Waals surface area contributed by atoms with E-state index in [0.29, 0.717) is 58.9 Å². The second-order valence-corrected chi connectivity index (χ2v) is 10.3. The highest BCUT2D eigenvalue weighted by molar-refractivity contribution is 6.32. The number of hydrogen-bond donors (Lipinski definition) is 1. The Kier molecular flexibility index (Phi) is 5.71. The zero-order valence-electron chi connectivity index (χ0n) is 19.6. The van der Waals surface area contributed by atoms with Crippen molar-refractivity contribution < 1.29 is 19.1 Å². The van der Waals surface area contributed by atoms with Crippen LogP contribution in [0.15, 0.2) is 54.6 Å². The molecule has 6 rings (SSSR count). The summed E-state index contributed by atoms with van der Waals surface area (Å²) in [5, 5.41) is 4.09. The molecule has 3 aromatic rings. The second kappa shape index (κ2) is 8.80. The summed E-state index contributed by atoms with van der Waals surface area (Å²) in [5.41, 5.74) is 2.88. The molecule has 2 bridgehead atoms. The van der Waals surface area contributed by atoms with E-state index in [2.05, 4.69) is 5.32 Å². The predicted octanol–water partition coefficient (Wildman–Crippen LogP) is 5.40. The van der Waals surface area contributed by atoms with E-state index in [1.54, 1.807) is 23.1 Å². The van der Waals surface area contributed by atoms with Crippen molar-refractivity contribution in [2.24, 2.45) is 0 Å². The van der Waals surface area contributed by atoms with E-state index in [1.807, 2.05) is 43.3 Å². The number of fused-ring (bicyclic) bond motifs is 2. The van der Waals surface area contributed by atoms with Gasteiger partial charge in [-0.2, -0.15) is 0 Å². The van der Waals surface area contributed by atoms with Crippen LogP contribution in [0.2, 0.25) is 10.0 Å². The molecule has 1 N–H and O–H groups in total. The van der Waals surface area contributed by atoms with E-state index >= 15 is 0 Å². The molecular formula is C28H24Cl2N2O4. The fraction of sp³-hybridized carbons (Fsp3) is 0.286. The average Bonchev–Trinajstić information content (AvgIpc) is 3.11. The van der Waals surface area contributed by atoms with Crippen LogP contribution in [-0.2, 0) is 21.6 Å². The number of amides is 2. The number of carbonyl (C=O) groups excluding carboxylic acids is 2. The van der Waals surface area contributed by atoms with E-state index in [9.17, 15) is 9.59 Å². The van der Waals surface area contributed by atoms with Crippen LogP contribution in [0.4, 0.5) is 5.69 Å². The summed E-state index contributed by atoms with van der Waals surface area (Å²) in [7, 11) is 0. The Morgan fingerprint density at radius 3 is 2.64 bits per heavy atom. The molecule has 3 aliphatic rings. The minimum Gasteiger partial charge on any atom is -0.471 e. The maximum absolute atomic E-state index is 13.7.